The third-order valence-electron chi connectivity index (χ3n) is 7.87. The summed E-state index contributed by atoms with van der Waals surface area (Å²) in [6.07, 6.45) is -0.0889. The van der Waals surface area contributed by atoms with Gasteiger partial charge in [-0.1, -0.05) is 6.92 Å². The SMILES string of the molecule is CC[C@]1(NS(=O)C(C)(C)C)COc2c1cc([C@@](C)(O)CCC(=O)c1ccc(OC[C@@H](C)O)c(OC)c1)nc2-c1ccc(F)cc1. The van der Waals surface area contributed by atoms with E-state index in [9.17, 15) is 23.6 Å². The van der Waals surface area contributed by atoms with Crippen LogP contribution in [0.2, 0.25) is 0 Å². The number of methoxy groups -OCH3 is 1. The number of pyridine rings is 1. The van der Waals surface area contributed by atoms with E-state index in [-0.39, 0.29) is 31.8 Å². The Morgan fingerprint density at radius 2 is 1.84 bits per heavy atom. The number of hydrogen-bond acceptors (Lipinski definition) is 8. The molecule has 4 atom stereocenters. The van der Waals surface area contributed by atoms with Gasteiger partial charge in [0.2, 0.25) is 0 Å². The highest BCUT2D eigenvalue weighted by molar-refractivity contribution is 7.84. The van der Waals surface area contributed by atoms with Gasteiger partial charge in [0.1, 0.15) is 30.3 Å². The van der Waals surface area contributed by atoms with E-state index in [4.69, 9.17) is 19.2 Å². The van der Waals surface area contributed by atoms with Crippen molar-refractivity contribution >= 4 is 16.8 Å². The Morgan fingerprint density at radius 3 is 2.44 bits per heavy atom. The van der Waals surface area contributed by atoms with Gasteiger partial charge >= 0.3 is 0 Å². The van der Waals surface area contributed by atoms with Gasteiger partial charge in [-0.05, 0) is 96.0 Å². The maximum absolute atomic E-state index is 13.8. The van der Waals surface area contributed by atoms with Gasteiger partial charge in [0.25, 0.3) is 0 Å². The van der Waals surface area contributed by atoms with Crippen molar-refractivity contribution in [2.75, 3.05) is 20.3 Å². The molecule has 3 N–H and O–H groups in total. The molecule has 3 aromatic rings. The van der Waals surface area contributed by atoms with Crippen LogP contribution in [0.15, 0.2) is 48.5 Å². The van der Waals surface area contributed by atoms with Crippen LogP contribution in [0.3, 0.4) is 0 Å². The molecule has 0 bridgehead atoms. The molecule has 1 aromatic heterocycles. The van der Waals surface area contributed by atoms with Crippen molar-refractivity contribution < 1.29 is 37.8 Å². The van der Waals surface area contributed by atoms with Crippen LogP contribution in [0.25, 0.3) is 11.3 Å². The zero-order chi connectivity index (χ0) is 33.2. The fraction of sp³-hybridized carbons (Fsp3) is 0.471. The number of carbonyl (C=O) groups is 1. The van der Waals surface area contributed by atoms with Crippen LogP contribution in [0.1, 0.15) is 82.4 Å². The van der Waals surface area contributed by atoms with Gasteiger partial charge in [0.05, 0.1) is 40.2 Å². The molecule has 0 saturated carbocycles. The Hall–Kier alpha value is -3.38. The van der Waals surface area contributed by atoms with Crippen LogP contribution in [-0.2, 0) is 22.1 Å². The quantitative estimate of drug-likeness (QED) is 0.207. The van der Waals surface area contributed by atoms with Crippen molar-refractivity contribution in [3.8, 4) is 28.5 Å². The minimum atomic E-state index is -1.55. The molecular formula is C34H43FN2O7S. The Balaban J connectivity index is 1.68. The summed E-state index contributed by atoms with van der Waals surface area (Å²) in [5.41, 5.74) is 0.0130. The van der Waals surface area contributed by atoms with E-state index in [1.807, 2.05) is 27.7 Å². The highest BCUT2D eigenvalue weighted by atomic mass is 32.2. The van der Waals surface area contributed by atoms with Gasteiger partial charge in [0, 0.05) is 23.1 Å². The molecule has 0 fully saturated rings. The molecule has 0 radical (unpaired) electrons. The van der Waals surface area contributed by atoms with Crippen LogP contribution in [0.4, 0.5) is 4.39 Å². The van der Waals surface area contributed by atoms with Crippen molar-refractivity contribution in [2.24, 2.45) is 0 Å². The maximum atomic E-state index is 13.8. The van der Waals surface area contributed by atoms with Gasteiger partial charge in [-0.2, -0.15) is 0 Å². The van der Waals surface area contributed by atoms with Crippen molar-refractivity contribution in [1.29, 1.82) is 0 Å². The maximum Gasteiger partial charge on any atom is 0.163 e. The molecule has 11 heteroatoms. The average Bonchev–Trinajstić information content (AvgIpc) is 3.36. The molecule has 1 aliphatic rings. The zero-order valence-electron chi connectivity index (χ0n) is 26.9. The molecular weight excluding hydrogens is 599 g/mol. The van der Waals surface area contributed by atoms with Crippen LogP contribution in [-0.4, -0.2) is 56.4 Å². The van der Waals surface area contributed by atoms with Crippen molar-refractivity contribution in [2.45, 2.75) is 82.8 Å². The molecule has 1 unspecified atom stereocenters. The normalized spacial score (nSPS) is 18.8. The lowest BCUT2D eigenvalue weighted by Crippen LogP contribution is -2.49. The Kier molecular flexibility index (Phi) is 10.4. The van der Waals surface area contributed by atoms with Crippen molar-refractivity contribution in [1.82, 2.24) is 9.71 Å². The average molecular weight is 643 g/mol. The number of fused-ring (bicyclic) bond motifs is 1. The Bertz CT molecular complexity index is 1550. The molecule has 2 heterocycles. The largest absolute Gasteiger partial charge is 0.493 e. The van der Waals surface area contributed by atoms with E-state index >= 15 is 0 Å². The fourth-order valence-corrected chi connectivity index (χ4v) is 5.94. The lowest BCUT2D eigenvalue weighted by atomic mass is 9.86. The number of carbonyl (C=O) groups excluding carboxylic acids is 1. The van der Waals surface area contributed by atoms with Crippen LogP contribution in [0.5, 0.6) is 17.2 Å². The topological polar surface area (TPSA) is 127 Å². The first-order chi connectivity index (χ1) is 21.1. The first-order valence-electron chi connectivity index (χ1n) is 15.0. The minimum Gasteiger partial charge on any atom is -0.493 e. The first kappa shape index (κ1) is 34.5. The number of nitrogens with zero attached hydrogens (tertiary/aromatic N) is 1. The van der Waals surface area contributed by atoms with Gasteiger partial charge in [0.15, 0.2) is 23.0 Å². The summed E-state index contributed by atoms with van der Waals surface area (Å²) in [4.78, 5) is 18.1. The van der Waals surface area contributed by atoms with E-state index in [0.717, 1.165) is 0 Å². The number of rotatable bonds is 13. The van der Waals surface area contributed by atoms with Gasteiger partial charge < -0.3 is 24.4 Å². The zero-order valence-corrected chi connectivity index (χ0v) is 27.7. The highest BCUT2D eigenvalue weighted by Gasteiger charge is 2.45. The van der Waals surface area contributed by atoms with Crippen molar-refractivity contribution in [3.63, 3.8) is 0 Å². The summed E-state index contributed by atoms with van der Waals surface area (Å²) in [5, 5.41) is 21.3. The van der Waals surface area contributed by atoms with Crippen LogP contribution < -0.4 is 18.9 Å². The number of benzene rings is 2. The summed E-state index contributed by atoms with van der Waals surface area (Å²) in [5.74, 6) is 0.614. The van der Waals surface area contributed by atoms with E-state index < -0.39 is 38.8 Å². The number of hydrogen-bond donors (Lipinski definition) is 3. The molecule has 2 aromatic carbocycles. The summed E-state index contributed by atoms with van der Waals surface area (Å²) < 4.78 is 47.0. The van der Waals surface area contributed by atoms with Gasteiger partial charge in [-0.3, -0.25) is 4.79 Å². The number of Topliss-reactive ketones (excluding diaryl/α,β-unsaturated/α-hetero) is 1. The second-order valence-electron chi connectivity index (χ2n) is 12.7. The lowest BCUT2D eigenvalue weighted by Gasteiger charge is -2.32. The molecule has 4 rings (SSSR count). The predicted molar refractivity (Wildman–Crippen MR) is 171 cm³/mol. The molecule has 1 aliphatic heterocycles. The van der Waals surface area contributed by atoms with E-state index in [1.165, 1.54) is 19.2 Å². The first-order valence-corrected chi connectivity index (χ1v) is 16.1. The van der Waals surface area contributed by atoms with Crippen molar-refractivity contribution in [3.05, 3.63) is 71.2 Å². The van der Waals surface area contributed by atoms with E-state index in [2.05, 4.69) is 4.72 Å². The fourth-order valence-electron chi connectivity index (χ4n) is 4.97. The smallest absolute Gasteiger partial charge is 0.163 e. The second kappa shape index (κ2) is 13.5. The number of aliphatic hydroxyl groups is 2. The molecule has 9 nitrogen and oxygen atoms in total. The number of halogens is 1. The number of ether oxygens (including phenoxy) is 3. The number of nitrogens with one attached hydrogen (secondary N) is 1. The number of aliphatic hydroxyl groups excluding tert-OH is 1. The lowest BCUT2D eigenvalue weighted by molar-refractivity contribution is 0.0396. The van der Waals surface area contributed by atoms with Crippen LogP contribution >= 0.6 is 0 Å². The Morgan fingerprint density at radius 1 is 1.16 bits per heavy atom. The molecule has 244 valence electrons. The van der Waals surface area contributed by atoms with E-state index in [1.54, 1.807) is 50.2 Å². The minimum absolute atomic E-state index is 0.00358. The third-order valence-corrected chi connectivity index (χ3v) is 9.56. The number of ketones is 1. The molecule has 45 heavy (non-hydrogen) atoms. The monoisotopic (exact) mass is 642 g/mol. The third kappa shape index (κ3) is 7.71. The Labute approximate surface area is 266 Å². The molecule has 0 spiro atoms. The molecule has 0 saturated heterocycles. The number of aromatic nitrogens is 1. The summed E-state index contributed by atoms with van der Waals surface area (Å²) in [6, 6.07) is 12.4. The highest BCUT2D eigenvalue weighted by Crippen LogP contribution is 2.47. The predicted octanol–water partition coefficient (Wildman–Crippen LogP) is 5.58. The van der Waals surface area contributed by atoms with Crippen LogP contribution in [0, 0.1) is 5.82 Å². The summed E-state index contributed by atoms with van der Waals surface area (Å²) >= 11 is 0. The molecule has 0 aliphatic carbocycles. The standard InChI is InChI=1S/C34H43FN2O7S/c1-8-34(37-45(41)32(3,4)5)20-44-31-25(34)18-29(36-30(31)22-9-12-24(35)13-10-22)33(6,40)16-15-26(39)23-11-14-27(28(17-23)42-7)43-19-21(2)38/h9-14,17-18,21,37-38,40H,8,15-16,19-20H2,1-7H3/t21-,33+,34+,45?/m1/s1. The van der Waals surface area contributed by atoms with E-state index in [0.29, 0.717) is 51.7 Å². The van der Waals surface area contributed by atoms with Gasteiger partial charge in [-0.25, -0.2) is 18.3 Å². The summed E-state index contributed by atoms with van der Waals surface area (Å²) in [6.45, 7) is 11.1. The summed E-state index contributed by atoms with van der Waals surface area (Å²) in [7, 11) is 0.0324. The second-order valence-corrected chi connectivity index (χ2v) is 14.6. The van der Waals surface area contributed by atoms with Gasteiger partial charge in [-0.15, -0.1) is 0 Å². The molecule has 0 amide bonds.